The van der Waals surface area contributed by atoms with Crippen LogP contribution in [0, 0.1) is 11.3 Å². The van der Waals surface area contributed by atoms with Crippen molar-refractivity contribution in [1.82, 2.24) is 0 Å². The van der Waals surface area contributed by atoms with Gasteiger partial charge < -0.3 is 10.8 Å². The molecule has 0 bridgehead atoms. The molecule has 0 aromatic heterocycles. The fraction of sp³-hybridized carbons (Fsp3) is 0.200. The number of nitriles is 1. The highest BCUT2D eigenvalue weighted by molar-refractivity contribution is 5.90. The second-order valence-electron chi connectivity index (χ2n) is 3.03. The zero-order valence-electron chi connectivity index (χ0n) is 8.08. The van der Waals surface area contributed by atoms with Crippen molar-refractivity contribution in [1.29, 1.82) is 5.26 Å². The van der Waals surface area contributed by atoms with E-state index in [4.69, 9.17) is 16.1 Å². The maximum absolute atomic E-state index is 12.6. The maximum Gasteiger partial charge on any atom is 0.336 e. The van der Waals surface area contributed by atoms with Gasteiger partial charge in [0.05, 0.1) is 17.2 Å². The number of nitrogens with two attached hydrogens (primary N) is 1. The SMILES string of the molecule is N#Cc1cc(CN)cc(C(=O)O)c1C(F)F. The largest absolute Gasteiger partial charge is 0.478 e. The molecule has 0 aliphatic rings. The number of benzene rings is 1. The summed E-state index contributed by atoms with van der Waals surface area (Å²) >= 11 is 0. The van der Waals surface area contributed by atoms with E-state index in [9.17, 15) is 13.6 Å². The molecule has 6 heteroatoms. The van der Waals surface area contributed by atoms with E-state index in [0.29, 0.717) is 5.56 Å². The minimum atomic E-state index is -3.01. The zero-order valence-corrected chi connectivity index (χ0v) is 8.08. The molecule has 0 unspecified atom stereocenters. The van der Waals surface area contributed by atoms with Gasteiger partial charge in [0, 0.05) is 12.1 Å². The minimum absolute atomic E-state index is 0.0154. The highest BCUT2D eigenvalue weighted by Crippen LogP contribution is 2.28. The van der Waals surface area contributed by atoms with Crippen LogP contribution in [0.4, 0.5) is 8.78 Å². The normalized spacial score (nSPS) is 10.2. The highest BCUT2D eigenvalue weighted by atomic mass is 19.3. The van der Waals surface area contributed by atoms with Crippen molar-refractivity contribution in [2.45, 2.75) is 13.0 Å². The molecular weight excluding hydrogens is 218 g/mol. The summed E-state index contributed by atoms with van der Waals surface area (Å²) in [6, 6.07) is 3.78. The molecule has 0 atom stereocenters. The Balaban J connectivity index is 3.55. The van der Waals surface area contributed by atoms with Gasteiger partial charge in [0.15, 0.2) is 0 Å². The highest BCUT2D eigenvalue weighted by Gasteiger charge is 2.22. The first-order chi connectivity index (χ1) is 7.51. The molecule has 0 spiro atoms. The quantitative estimate of drug-likeness (QED) is 0.820. The average molecular weight is 226 g/mol. The molecule has 1 rings (SSSR count). The molecule has 0 amide bonds. The van der Waals surface area contributed by atoms with Crippen LogP contribution >= 0.6 is 0 Å². The molecule has 0 aliphatic heterocycles. The number of nitrogens with zero attached hydrogens (tertiary/aromatic N) is 1. The van der Waals surface area contributed by atoms with Gasteiger partial charge in [0.2, 0.25) is 0 Å². The van der Waals surface area contributed by atoms with Gasteiger partial charge in [0.1, 0.15) is 0 Å². The lowest BCUT2D eigenvalue weighted by Crippen LogP contribution is -2.08. The van der Waals surface area contributed by atoms with Gasteiger partial charge >= 0.3 is 5.97 Å². The third kappa shape index (κ3) is 2.15. The van der Waals surface area contributed by atoms with Crippen molar-refractivity contribution in [3.05, 3.63) is 34.4 Å². The number of rotatable bonds is 3. The van der Waals surface area contributed by atoms with Gasteiger partial charge in [-0.25, -0.2) is 13.6 Å². The molecule has 0 saturated heterocycles. The Morgan fingerprint density at radius 3 is 2.56 bits per heavy atom. The fourth-order valence-electron chi connectivity index (χ4n) is 1.34. The Hall–Kier alpha value is -2.00. The predicted octanol–water partition coefficient (Wildman–Crippen LogP) is 1.65. The molecule has 1 aromatic carbocycles. The number of halogens is 2. The lowest BCUT2D eigenvalue weighted by molar-refractivity contribution is 0.0684. The van der Waals surface area contributed by atoms with Crippen LogP contribution in [-0.2, 0) is 6.54 Å². The minimum Gasteiger partial charge on any atom is -0.478 e. The van der Waals surface area contributed by atoms with Gasteiger partial charge in [-0.1, -0.05) is 0 Å². The smallest absolute Gasteiger partial charge is 0.336 e. The van der Waals surface area contributed by atoms with Crippen LogP contribution in [0.1, 0.15) is 33.5 Å². The summed E-state index contributed by atoms with van der Waals surface area (Å²) in [6.07, 6.45) is -3.01. The number of carboxylic acid groups (broad SMARTS) is 1. The topological polar surface area (TPSA) is 87.1 Å². The summed E-state index contributed by atoms with van der Waals surface area (Å²) in [7, 11) is 0. The van der Waals surface area contributed by atoms with Gasteiger partial charge in [0.25, 0.3) is 6.43 Å². The number of carboxylic acids is 1. The van der Waals surface area contributed by atoms with Gasteiger partial charge in [-0.2, -0.15) is 5.26 Å². The second-order valence-corrected chi connectivity index (χ2v) is 3.03. The van der Waals surface area contributed by atoms with Gasteiger partial charge in [-0.3, -0.25) is 0 Å². The molecular formula is C10H8F2N2O2. The lowest BCUT2D eigenvalue weighted by Gasteiger charge is -2.09. The first kappa shape index (κ1) is 12.1. The van der Waals surface area contributed by atoms with Crippen molar-refractivity contribution in [3.63, 3.8) is 0 Å². The standard InChI is InChI=1S/C10H8F2N2O2/c11-9(12)8-6(4-14)1-5(3-13)2-7(8)10(15)16/h1-2,9H,3,13H2,(H,15,16). The maximum atomic E-state index is 12.6. The van der Waals surface area contributed by atoms with Gasteiger partial charge in [-0.15, -0.1) is 0 Å². The van der Waals surface area contributed by atoms with Crippen LogP contribution in [0.5, 0.6) is 0 Å². The number of alkyl halides is 2. The molecule has 1 aromatic rings. The summed E-state index contributed by atoms with van der Waals surface area (Å²) in [5.41, 5.74) is 3.93. The van der Waals surface area contributed by atoms with E-state index in [0.717, 1.165) is 6.07 Å². The first-order valence-corrected chi connectivity index (χ1v) is 4.29. The predicted molar refractivity (Wildman–Crippen MR) is 51.0 cm³/mol. The van der Waals surface area contributed by atoms with Crippen molar-refractivity contribution < 1.29 is 18.7 Å². The summed E-state index contributed by atoms with van der Waals surface area (Å²) in [5.74, 6) is -1.50. The van der Waals surface area contributed by atoms with Crippen LogP contribution in [0.25, 0.3) is 0 Å². The van der Waals surface area contributed by atoms with Crippen LogP contribution in [0.3, 0.4) is 0 Å². The molecule has 84 valence electrons. The van der Waals surface area contributed by atoms with Crippen LogP contribution in [0.15, 0.2) is 12.1 Å². The lowest BCUT2D eigenvalue weighted by atomic mass is 9.98. The van der Waals surface area contributed by atoms with Crippen LogP contribution in [0.2, 0.25) is 0 Å². The van der Waals surface area contributed by atoms with Crippen molar-refractivity contribution >= 4 is 5.97 Å². The molecule has 0 radical (unpaired) electrons. The van der Waals surface area contributed by atoms with E-state index >= 15 is 0 Å². The number of hydrogen-bond donors (Lipinski definition) is 2. The van der Waals surface area contributed by atoms with E-state index in [1.165, 1.54) is 6.07 Å². The third-order valence-corrected chi connectivity index (χ3v) is 2.04. The Morgan fingerprint density at radius 2 is 2.19 bits per heavy atom. The molecule has 16 heavy (non-hydrogen) atoms. The van der Waals surface area contributed by atoms with E-state index in [-0.39, 0.29) is 12.1 Å². The molecule has 3 N–H and O–H groups in total. The fourth-order valence-corrected chi connectivity index (χ4v) is 1.34. The van der Waals surface area contributed by atoms with Crippen LogP contribution in [-0.4, -0.2) is 11.1 Å². The van der Waals surface area contributed by atoms with E-state index in [1.807, 2.05) is 0 Å². The Bertz CT molecular complexity index is 467. The van der Waals surface area contributed by atoms with Crippen molar-refractivity contribution in [3.8, 4) is 6.07 Å². The summed E-state index contributed by atoms with van der Waals surface area (Å²) in [5, 5.41) is 17.4. The van der Waals surface area contributed by atoms with Crippen molar-refractivity contribution in [2.75, 3.05) is 0 Å². The first-order valence-electron chi connectivity index (χ1n) is 4.29. The van der Waals surface area contributed by atoms with Crippen molar-refractivity contribution in [2.24, 2.45) is 5.73 Å². The van der Waals surface area contributed by atoms with E-state index in [2.05, 4.69) is 0 Å². The molecule has 4 nitrogen and oxygen atoms in total. The third-order valence-electron chi connectivity index (χ3n) is 2.04. The Morgan fingerprint density at radius 1 is 1.56 bits per heavy atom. The Kier molecular flexibility index (Phi) is 3.53. The summed E-state index contributed by atoms with van der Waals surface area (Å²) in [6.45, 7) is -0.0154. The summed E-state index contributed by atoms with van der Waals surface area (Å²) in [4.78, 5) is 10.8. The number of carbonyl (C=O) groups is 1. The molecule has 0 fully saturated rings. The zero-order chi connectivity index (χ0) is 12.3. The molecule has 0 aliphatic carbocycles. The number of hydrogen-bond acceptors (Lipinski definition) is 3. The monoisotopic (exact) mass is 226 g/mol. The number of aromatic carboxylic acids is 1. The molecule has 0 saturated carbocycles. The molecule has 0 heterocycles. The van der Waals surface area contributed by atoms with Crippen LogP contribution < -0.4 is 5.73 Å². The van der Waals surface area contributed by atoms with E-state index in [1.54, 1.807) is 6.07 Å². The van der Waals surface area contributed by atoms with E-state index < -0.39 is 23.5 Å². The second kappa shape index (κ2) is 4.68. The summed E-state index contributed by atoms with van der Waals surface area (Å²) < 4.78 is 25.3. The Labute approximate surface area is 89.9 Å². The van der Waals surface area contributed by atoms with Gasteiger partial charge in [-0.05, 0) is 17.7 Å². The average Bonchev–Trinajstić information content (AvgIpc) is 2.26.